The van der Waals surface area contributed by atoms with Crippen LogP contribution >= 0.6 is 23.4 Å². The molecule has 0 aliphatic rings. The maximum absolute atomic E-state index is 13.1. The molecule has 1 N–H and O–H groups in total. The van der Waals surface area contributed by atoms with Crippen LogP contribution in [0.2, 0.25) is 5.02 Å². The van der Waals surface area contributed by atoms with Crippen molar-refractivity contribution in [2.45, 2.75) is 12.1 Å². The van der Waals surface area contributed by atoms with E-state index in [1.54, 1.807) is 54.9 Å². The summed E-state index contributed by atoms with van der Waals surface area (Å²) in [6.45, 7) is 2.00. The van der Waals surface area contributed by atoms with Gasteiger partial charge in [-0.05, 0) is 48.2 Å². The minimum atomic E-state index is -0.336. The number of aromatic nitrogens is 6. The summed E-state index contributed by atoms with van der Waals surface area (Å²) < 4.78 is 2.86. The van der Waals surface area contributed by atoms with Gasteiger partial charge in [0, 0.05) is 23.1 Å². The Morgan fingerprint density at radius 1 is 0.935 bits per heavy atom. The molecule has 4 aromatic heterocycles. The first kappa shape index (κ1) is 19.5. The predicted molar refractivity (Wildman–Crippen MR) is 122 cm³/mol. The normalized spacial score (nSPS) is 11.4. The van der Waals surface area contributed by atoms with Gasteiger partial charge in [-0.25, -0.2) is 10.1 Å². The summed E-state index contributed by atoms with van der Waals surface area (Å²) in [5.41, 5.74) is 1.08. The predicted octanol–water partition coefficient (Wildman–Crippen LogP) is 3.57. The molecule has 8 nitrogen and oxygen atoms in total. The van der Waals surface area contributed by atoms with Gasteiger partial charge < -0.3 is 0 Å². The molecule has 0 unspecified atom stereocenters. The number of halogens is 1. The second-order valence-corrected chi connectivity index (χ2v) is 8.35. The lowest BCUT2D eigenvalue weighted by Gasteiger charge is -2.08. The van der Waals surface area contributed by atoms with Crippen LogP contribution in [0.4, 0.5) is 0 Å². The molecule has 0 spiro atoms. The van der Waals surface area contributed by atoms with Crippen LogP contribution in [0.1, 0.15) is 6.92 Å². The van der Waals surface area contributed by atoms with Crippen LogP contribution in [-0.2, 0) is 0 Å². The van der Waals surface area contributed by atoms with Crippen molar-refractivity contribution < 1.29 is 0 Å². The van der Waals surface area contributed by atoms with E-state index in [-0.39, 0.29) is 11.1 Å². The van der Waals surface area contributed by atoms with Crippen molar-refractivity contribution in [3.8, 4) is 11.6 Å². The first-order chi connectivity index (χ1) is 15.0. The third-order valence-electron chi connectivity index (χ3n) is 4.80. The van der Waals surface area contributed by atoms with Gasteiger partial charge in [0.1, 0.15) is 0 Å². The molecule has 0 bridgehead atoms. The van der Waals surface area contributed by atoms with E-state index in [0.717, 1.165) is 5.75 Å². The second kappa shape index (κ2) is 7.68. The fourth-order valence-electron chi connectivity index (χ4n) is 3.34. The van der Waals surface area contributed by atoms with Crippen LogP contribution in [0.5, 0.6) is 0 Å². The molecule has 0 amide bonds. The molecule has 5 rings (SSSR count). The number of benzene rings is 1. The smallest absolute Gasteiger partial charge is 0.266 e. The number of hydrogen-bond acceptors (Lipinski definition) is 6. The number of H-pyrrole nitrogens is 1. The quantitative estimate of drug-likeness (QED) is 0.332. The summed E-state index contributed by atoms with van der Waals surface area (Å²) in [4.78, 5) is 35.2. The highest BCUT2D eigenvalue weighted by atomic mass is 35.5. The molecule has 0 atom stereocenters. The Hall–Kier alpha value is -3.43. The van der Waals surface area contributed by atoms with Crippen molar-refractivity contribution in [1.82, 2.24) is 29.3 Å². The lowest BCUT2D eigenvalue weighted by Crippen LogP contribution is -2.21. The van der Waals surface area contributed by atoms with E-state index in [0.29, 0.717) is 43.6 Å². The van der Waals surface area contributed by atoms with Crippen LogP contribution in [0.25, 0.3) is 33.4 Å². The van der Waals surface area contributed by atoms with Crippen molar-refractivity contribution >= 4 is 45.2 Å². The van der Waals surface area contributed by atoms with Crippen LogP contribution in [-0.4, -0.2) is 35.1 Å². The summed E-state index contributed by atoms with van der Waals surface area (Å²) >= 11 is 7.42. The second-order valence-electron chi connectivity index (χ2n) is 6.69. The Labute approximate surface area is 184 Å². The standard InChI is InChI=1S/C21H15ClN6O2S/c1-2-31-21-24-20(25-26-21)28-10-8-17-15(19(28)30)11-14-16(23-17)7-9-27(18(14)29)13-5-3-12(22)4-6-13/h3-11H,2H2,1H3,(H,24,25,26). The SMILES string of the molecule is CCSc1n[nH]c(-n2ccc3nc4ccn(-c5ccc(Cl)cc5)c(=O)c4cc3c2=O)n1. The molecule has 0 saturated carbocycles. The van der Waals surface area contributed by atoms with E-state index >= 15 is 0 Å². The van der Waals surface area contributed by atoms with Gasteiger partial charge in [-0.3, -0.25) is 18.7 Å². The molecular weight excluding hydrogens is 436 g/mol. The Morgan fingerprint density at radius 2 is 1.58 bits per heavy atom. The van der Waals surface area contributed by atoms with Gasteiger partial charge in [-0.1, -0.05) is 30.3 Å². The summed E-state index contributed by atoms with van der Waals surface area (Å²) in [6, 6.07) is 12.0. The summed E-state index contributed by atoms with van der Waals surface area (Å²) in [6.07, 6.45) is 3.26. The zero-order chi connectivity index (χ0) is 21.5. The van der Waals surface area contributed by atoms with Crippen LogP contribution in [0, 0.1) is 0 Å². The number of aromatic amines is 1. The van der Waals surface area contributed by atoms with E-state index in [9.17, 15) is 9.59 Å². The van der Waals surface area contributed by atoms with Crippen molar-refractivity contribution in [2.75, 3.05) is 5.75 Å². The summed E-state index contributed by atoms with van der Waals surface area (Å²) in [7, 11) is 0. The molecule has 0 aliphatic heterocycles. The van der Waals surface area contributed by atoms with Gasteiger partial charge in [0.15, 0.2) is 0 Å². The molecule has 0 saturated heterocycles. The van der Waals surface area contributed by atoms with Gasteiger partial charge in [0.2, 0.25) is 11.1 Å². The maximum Gasteiger partial charge on any atom is 0.266 e. The van der Waals surface area contributed by atoms with Crippen LogP contribution in [0.15, 0.2) is 69.6 Å². The maximum atomic E-state index is 13.1. The Balaban J connectivity index is 1.70. The third-order valence-corrected chi connectivity index (χ3v) is 5.78. The molecule has 154 valence electrons. The number of rotatable bonds is 4. The number of nitrogens with one attached hydrogen (secondary N) is 1. The van der Waals surface area contributed by atoms with Crippen LogP contribution in [0.3, 0.4) is 0 Å². The number of thioether (sulfide) groups is 1. The van der Waals surface area contributed by atoms with Crippen molar-refractivity contribution in [1.29, 1.82) is 0 Å². The fraction of sp³-hybridized carbons (Fsp3) is 0.0952. The highest BCUT2D eigenvalue weighted by Gasteiger charge is 2.13. The molecule has 5 aromatic rings. The molecule has 4 heterocycles. The highest BCUT2D eigenvalue weighted by molar-refractivity contribution is 7.99. The Kier molecular flexibility index (Phi) is 4.84. The third kappa shape index (κ3) is 3.41. The number of pyridine rings is 3. The van der Waals surface area contributed by atoms with Crippen molar-refractivity contribution in [3.63, 3.8) is 0 Å². The number of nitrogens with zero attached hydrogens (tertiary/aromatic N) is 5. The average molecular weight is 451 g/mol. The zero-order valence-electron chi connectivity index (χ0n) is 16.2. The van der Waals surface area contributed by atoms with Gasteiger partial charge in [-0.15, -0.1) is 5.10 Å². The minimum Gasteiger partial charge on any atom is -0.284 e. The van der Waals surface area contributed by atoms with Crippen molar-refractivity contribution in [2.24, 2.45) is 0 Å². The van der Waals surface area contributed by atoms with E-state index in [2.05, 4.69) is 20.2 Å². The van der Waals surface area contributed by atoms with Gasteiger partial charge >= 0.3 is 0 Å². The molecule has 0 fully saturated rings. The van der Waals surface area contributed by atoms with E-state index in [4.69, 9.17) is 11.6 Å². The first-order valence-corrected chi connectivity index (χ1v) is 10.8. The molecule has 1 aromatic carbocycles. The first-order valence-electron chi connectivity index (χ1n) is 9.44. The van der Waals surface area contributed by atoms with E-state index in [1.807, 2.05) is 6.92 Å². The van der Waals surface area contributed by atoms with E-state index in [1.165, 1.54) is 20.9 Å². The Morgan fingerprint density at radius 3 is 2.26 bits per heavy atom. The molecule has 0 aliphatic carbocycles. The van der Waals surface area contributed by atoms with Crippen molar-refractivity contribution in [3.05, 3.63) is 80.6 Å². The van der Waals surface area contributed by atoms with E-state index < -0.39 is 0 Å². The fourth-order valence-corrected chi connectivity index (χ4v) is 3.98. The van der Waals surface area contributed by atoms with Gasteiger partial charge in [0.25, 0.3) is 11.1 Å². The molecular formula is C21H15ClN6O2S. The molecule has 10 heteroatoms. The minimum absolute atomic E-state index is 0.273. The topological polar surface area (TPSA) is 98.5 Å². The number of hydrogen-bond donors (Lipinski definition) is 1. The lowest BCUT2D eigenvalue weighted by molar-refractivity contribution is 0.901. The monoisotopic (exact) mass is 450 g/mol. The van der Waals surface area contributed by atoms with Gasteiger partial charge in [-0.2, -0.15) is 4.98 Å². The zero-order valence-corrected chi connectivity index (χ0v) is 17.8. The Bertz CT molecular complexity index is 1560. The number of fused-ring (bicyclic) bond motifs is 2. The summed E-state index contributed by atoms with van der Waals surface area (Å²) in [5, 5.41) is 8.70. The highest BCUT2D eigenvalue weighted by Crippen LogP contribution is 2.18. The average Bonchev–Trinajstić information content (AvgIpc) is 3.23. The molecule has 31 heavy (non-hydrogen) atoms. The summed E-state index contributed by atoms with van der Waals surface area (Å²) in [5.74, 6) is 1.13. The lowest BCUT2D eigenvalue weighted by atomic mass is 10.2. The van der Waals surface area contributed by atoms with Crippen LogP contribution < -0.4 is 11.1 Å². The largest absolute Gasteiger partial charge is 0.284 e. The molecule has 0 radical (unpaired) electrons. The van der Waals surface area contributed by atoms with Gasteiger partial charge in [0.05, 0.1) is 21.8 Å².